The van der Waals surface area contributed by atoms with Crippen LogP contribution in [-0.4, -0.2) is 24.5 Å². The molecule has 0 saturated carbocycles. The summed E-state index contributed by atoms with van der Waals surface area (Å²) in [6.07, 6.45) is -1.15. The van der Waals surface area contributed by atoms with Gasteiger partial charge in [0.2, 0.25) is 0 Å². The Labute approximate surface area is 128 Å². The number of alkyl halides is 3. The summed E-state index contributed by atoms with van der Waals surface area (Å²) in [5.74, 6) is 0. The molecule has 0 radical (unpaired) electrons. The maximum atomic E-state index is 12.7. The molecule has 1 aliphatic rings. The summed E-state index contributed by atoms with van der Waals surface area (Å²) >= 11 is 0. The molecular weight excluding hydrogens is 301 g/mol. The minimum Gasteiger partial charge on any atom is -0.298 e. The number of hydrogen-bond acceptors (Lipinski definition) is 2. The molecule has 1 aromatic rings. The first-order valence-electron chi connectivity index (χ1n) is 6.46. The van der Waals surface area contributed by atoms with Crippen molar-refractivity contribution in [1.29, 1.82) is 5.26 Å². The van der Waals surface area contributed by atoms with Crippen LogP contribution in [0.5, 0.6) is 0 Å². The highest BCUT2D eigenvalue weighted by molar-refractivity contribution is 5.85. The summed E-state index contributed by atoms with van der Waals surface area (Å²) in [7, 11) is 0. The van der Waals surface area contributed by atoms with Crippen molar-refractivity contribution in [2.75, 3.05) is 19.6 Å². The fourth-order valence-electron chi connectivity index (χ4n) is 2.28. The lowest BCUT2D eigenvalue weighted by molar-refractivity contribution is -0.137. The average molecular weight is 317 g/mol. The number of nitrogens with zero attached hydrogens (tertiary/aromatic N) is 2. The van der Waals surface area contributed by atoms with Gasteiger partial charge >= 0.3 is 6.18 Å². The molecule has 6 heteroatoms. The van der Waals surface area contributed by atoms with Crippen LogP contribution < -0.4 is 0 Å². The summed E-state index contributed by atoms with van der Waals surface area (Å²) in [5, 5.41) is 8.54. The van der Waals surface area contributed by atoms with E-state index in [0.717, 1.165) is 18.2 Å². The average Bonchev–Trinajstić information content (AvgIpc) is 2.45. The largest absolute Gasteiger partial charge is 0.416 e. The summed E-state index contributed by atoms with van der Waals surface area (Å²) in [4.78, 5) is 2.13. The highest BCUT2D eigenvalue weighted by Crippen LogP contribution is 2.32. The van der Waals surface area contributed by atoms with Gasteiger partial charge in [0.05, 0.1) is 11.6 Å². The number of benzene rings is 1. The lowest BCUT2D eigenvalue weighted by Gasteiger charge is -2.25. The van der Waals surface area contributed by atoms with Crippen LogP contribution in [0, 0.1) is 11.3 Å². The predicted molar refractivity (Wildman–Crippen MR) is 78.0 cm³/mol. The van der Waals surface area contributed by atoms with E-state index < -0.39 is 11.7 Å². The second-order valence-corrected chi connectivity index (χ2v) is 4.77. The van der Waals surface area contributed by atoms with Crippen LogP contribution in [0.4, 0.5) is 13.2 Å². The van der Waals surface area contributed by atoms with Crippen molar-refractivity contribution in [2.45, 2.75) is 19.0 Å². The summed E-state index contributed by atoms with van der Waals surface area (Å²) < 4.78 is 38.0. The van der Waals surface area contributed by atoms with Crippen LogP contribution in [0.15, 0.2) is 30.3 Å². The monoisotopic (exact) mass is 316 g/mol. The maximum Gasteiger partial charge on any atom is 0.416 e. The second-order valence-electron chi connectivity index (χ2n) is 4.77. The molecule has 1 heterocycles. The van der Waals surface area contributed by atoms with Gasteiger partial charge in [0.1, 0.15) is 0 Å². The van der Waals surface area contributed by atoms with Gasteiger partial charge in [-0.25, -0.2) is 0 Å². The quantitative estimate of drug-likeness (QED) is 0.838. The fraction of sp³-hybridized carbons (Fsp3) is 0.400. The summed E-state index contributed by atoms with van der Waals surface area (Å²) in [6.45, 7) is 2.18. The molecule has 2 nitrogen and oxygen atoms in total. The lowest BCUT2D eigenvalue weighted by atomic mass is 9.97. The molecule has 1 aliphatic heterocycles. The molecule has 114 valence electrons. The molecule has 0 atom stereocenters. The van der Waals surface area contributed by atoms with Gasteiger partial charge in [-0.15, -0.1) is 12.4 Å². The zero-order valence-corrected chi connectivity index (χ0v) is 12.2. The number of rotatable bonds is 3. The van der Waals surface area contributed by atoms with E-state index in [2.05, 4.69) is 11.0 Å². The number of hydrogen-bond donors (Lipinski definition) is 0. The normalized spacial score (nSPS) is 15.8. The Bertz CT molecular complexity index is 547. The Morgan fingerprint density at radius 2 is 2.05 bits per heavy atom. The molecule has 0 unspecified atom stereocenters. The van der Waals surface area contributed by atoms with Crippen LogP contribution in [-0.2, 0) is 6.18 Å². The summed E-state index contributed by atoms with van der Waals surface area (Å²) in [5.41, 5.74) is 0.979. The molecule has 0 saturated heterocycles. The fourth-order valence-corrected chi connectivity index (χ4v) is 2.28. The van der Waals surface area contributed by atoms with Gasteiger partial charge in [0.15, 0.2) is 0 Å². The van der Waals surface area contributed by atoms with Gasteiger partial charge < -0.3 is 0 Å². The molecule has 0 aromatic heterocycles. The second kappa shape index (κ2) is 7.48. The Kier molecular flexibility index (Phi) is 6.25. The van der Waals surface area contributed by atoms with E-state index in [1.165, 1.54) is 12.1 Å². The van der Waals surface area contributed by atoms with E-state index in [4.69, 9.17) is 5.26 Å². The first kappa shape index (κ1) is 17.5. The molecule has 21 heavy (non-hydrogen) atoms. The van der Waals surface area contributed by atoms with Crippen LogP contribution in [0.25, 0.3) is 5.57 Å². The standard InChI is InChI=1S/C15H15F3N2.ClH/c16-15(17,18)14-4-1-3-13(11-14)12-5-9-20(10-6-12)8-2-7-19;/h1,3-5,11H,2,6,8-10H2;1H. The van der Waals surface area contributed by atoms with Crippen LogP contribution in [0.1, 0.15) is 24.0 Å². The molecule has 0 amide bonds. The van der Waals surface area contributed by atoms with Crippen molar-refractivity contribution in [3.8, 4) is 6.07 Å². The third kappa shape index (κ3) is 4.76. The Balaban J connectivity index is 0.00000220. The van der Waals surface area contributed by atoms with E-state index in [9.17, 15) is 13.2 Å². The van der Waals surface area contributed by atoms with Crippen molar-refractivity contribution >= 4 is 18.0 Å². The minimum atomic E-state index is -4.30. The molecule has 0 N–H and O–H groups in total. The van der Waals surface area contributed by atoms with E-state index >= 15 is 0 Å². The van der Waals surface area contributed by atoms with Gasteiger partial charge in [-0.3, -0.25) is 4.90 Å². The molecule has 1 aromatic carbocycles. The lowest BCUT2D eigenvalue weighted by Crippen LogP contribution is -2.29. The Hall–Kier alpha value is -1.51. The zero-order chi connectivity index (χ0) is 14.6. The predicted octanol–water partition coefficient (Wildman–Crippen LogP) is 4.13. The third-order valence-corrected chi connectivity index (χ3v) is 3.39. The Morgan fingerprint density at radius 1 is 1.29 bits per heavy atom. The molecular formula is C15H16ClF3N2. The van der Waals surface area contributed by atoms with E-state index in [1.54, 1.807) is 6.07 Å². The van der Waals surface area contributed by atoms with Crippen molar-refractivity contribution in [1.82, 2.24) is 4.90 Å². The smallest absolute Gasteiger partial charge is 0.298 e. The van der Waals surface area contributed by atoms with Gasteiger partial charge in [0, 0.05) is 26.1 Å². The first-order chi connectivity index (χ1) is 9.50. The SMILES string of the molecule is Cl.N#CCCN1CC=C(c2cccc(C(F)(F)F)c2)CC1. The molecule has 0 aliphatic carbocycles. The van der Waals surface area contributed by atoms with Crippen LogP contribution in [0.2, 0.25) is 0 Å². The summed E-state index contributed by atoms with van der Waals surface area (Å²) in [6, 6.07) is 7.55. The van der Waals surface area contributed by atoms with E-state index in [-0.39, 0.29) is 12.4 Å². The highest BCUT2D eigenvalue weighted by Gasteiger charge is 2.30. The number of halogens is 4. The van der Waals surface area contributed by atoms with Crippen LogP contribution >= 0.6 is 12.4 Å². The van der Waals surface area contributed by atoms with Gasteiger partial charge in [-0.05, 0) is 29.7 Å². The molecule has 0 bridgehead atoms. The topological polar surface area (TPSA) is 27.0 Å². The Morgan fingerprint density at radius 3 is 2.62 bits per heavy atom. The van der Waals surface area contributed by atoms with E-state index in [1.807, 2.05) is 6.08 Å². The van der Waals surface area contributed by atoms with Crippen molar-refractivity contribution in [3.05, 3.63) is 41.5 Å². The highest BCUT2D eigenvalue weighted by atomic mass is 35.5. The number of nitriles is 1. The maximum absolute atomic E-state index is 12.7. The van der Waals surface area contributed by atoms with E-state index in [0.29, 0.717) is 31.5 Å². The van der Waals surface area contributed by atoms with Crippen molar-refractivity contribution in [2.24, 2.45) is 0 Å². The van der Waals surface area contributed by atoms with Crippen molar-refractivity contribution in [3.63, 3.8) is 0 Å². The minimum absolute atomic E-state index is 0. The van der Waals surface area contributed by atoms with Crippen molar-refractivity contribution < 1.29 is 13.2 Å². The van der Waals surface area contributed by atoms with Gasteiger partial charge in [0.25, 0.3) is 0 Å². The van der Waals surface area contributed by atoms with Gasteiger partial charge in [-0.2, -0.15) is 18.4 Å². The molecule has 0 spiro atoms. The third-order valence-electron chi connectivity index (χ3n) is 3.39. The molecule has 2 rings (SSSR count). The van der Waals surface area contributed by atoms with Gasteiger partial charge in [-0.1, -0.05) is 18.2 Å². The zero-order valence-electron chi connectivity index (χ0n) is 11.4. The first-order valence-corrected chi connectivity index (χ1v) is 6.46. The molecule has 0 fully saturated rings. The van der Waals surface area contributed by atoms with Crippen LogP contribution in [0.3, 0.4) is 0 Å².